The van der Waals surface area contributed by atoms with Crippen molar-refractivity contribution in [3.05, 3.63) is 0 Å². The zero-order valence-corrected chi connectivity index (χ0v) is 9.62. The van der Waals surface area contributed by atoms with E-state index >= 15 is 0 Å². The second-order valence-electron chi connectivity index (χ2n) is 4.76. The van der Waals surface area contributed by atoms with Gasteiger partial charge in [-0.25, -0.2) is 0 Å². The van der Waals surface area contributed by atoms with Gasteiger partial charge in [0.05, 0.1) is 12.6 Å². The van der Waals surface area contributed by atoms with Crippen molar-refractivity contribution in [2.24, 2.45) is 5.92 Å². The Labute approximate surface area is 91.4 Å². The Morgan fingerprint density at radius 2 is 2.13 bits per heavy atom. The summed E-state index contributed by atoms with van der Waals surface area (Å²) in [5.74, 6) is 0.524. The van der Waals surface area contributed by atoms with E-state index in [9.17, 15) is 9.90 Å². The molecular formula is C11H22N2O2. The molecule has 4 nitrogen and oxygen atoms in total. The molecule has 0 saturated heterocycles. The van der Waals surface area contributed by atoms with Crippen LogP contribution in [0.1, 0.15) is 33.1 Å². The largest absolute Gasteiger partial charge is 0.392 e. The summed E-state index contributed by atoms with van der Waals surface area (Å²) < 4.78 is 0. The number of amides is 1. The minimum absolute atomic E-state index is 0.0363. The fourth-order valence-electron chi connectivity index (χ4n) is 1.49. The molecule has 15 heavy (non-hydrogen) atoms. The molecule has 1 saturated carbocycles. The van der Waals surface area contributed by atoms with Gasteiger partial charge < -0.3 is 15.7 Å². The number of nitrogens with one attached hydrogen (secondary N) is 2. The molecule has 1 aliphatic rings. The maximum atomic E-state index is 11.2. The van der Waals surface area contributed by atoms with E-state index in [2.05, 4.69) is 24.5 Å². The van der Waals surface area contributed by atoms with Crippen LogP contribution in [0.25, 0.3) is 0 Å². The van der Waals surface area contributed by atoms with Gasteiger partial charge in [-0.15, -0.1) is 0 Å². The van der Waals surface area contributed by atoms with E-state index < -0.39 is 0 Å². The number of hydrogen-bond acceptors (Lipinski definition) is 3. The Hall–Kier alpha value is -0.610. The van der Waals surface area contributed by atoms with Crippen LogP contribution in [0.2, 0.25) is 0 Å². The summed E-state index contributed by atoms with van der Waals surface area (Å²) in [7, 11) is 0. The van der Waals surface area contributed by atoms with Crippen molar-refractivity contribution in [1.29, 1.82) is 0 Å². The first-order valence-corrected chi connectivity index (χ1v) is 5.76. The third-order valence-electron chi connectivity index (χ3n) is 2.35. The van der Waals surface area contributed by atoms with Crippen LogP contribution in [0, 0.1) is 5.92 Å². The van der Waals surface area contributed by atoms with Crippen molar-refractivity contribution in [2.45, 2.75) is 45.3 Å². The summed E-state index contributed by atoms with van der Waals surface area (Å²) in [6, 6.07) is 0.417. The highest BCUT2D eigenvalue weighted by atomic mass is 16.3. The van der Waals surface area contributed by atoms with E-state index in [0.717, 1.165) is 19.3 Å². The van der Waals surface area contributed by atoms with Crippen molar-refractivity contribution in [3.8, 4) is 0 Å². The molecule has 0 aliphatic heterocycles. The van der Waals surface area contributed by atoms with E-state index in [1.165, 1.54) is 0 Å². The van der Waals surface area contributed by atoms with Gasteiger partial charge in [0.15, 0.2) is 0 Å². The molecule has 1 atom stereocenters. The lowest BCUT2D eigenvalue weighted by Gasteiger charge is -2.13. The lowest BCUT2D eigenvalue weighted by Crippen LogP contribution is -2.38. The Morgan fingerprint density at radius 3 is 2.67 bits per heavy atom. The highest BCUT2D eigenvalue weighted by Crippen LogP contribution is 2.18. The average molecular weight is 214 g/mol. The van der Waals surface area contributed by atoms with Crippen LogP contribution in [-0.4, -0.2) is 36.2 Å². The van der Waals surface area contributed by atoms with Gasteiger partial charge in [0.2, 0.25) is 5.91 Å². The normalized spacial score (nSPS) is 17.9. The van der Waals surface area contributed by atoms with Gasteiger partial charge >= 0.3 is 0 Å². The van der Waals surface area contributed by atoms with Crippen molar-refractivity contribution < 1.29 is 9.90 Å². The highest BCUT2D eigenvalue weighted by molar-refractivity contribution is 5.78. The molecule has 0 aromatic rings. The van der Waals surface area contributed by atoms with E-state index in [1.54, 1.807) is 0 Å². The predicted octanol–water partition coefficient (Wildman–Crippen LogP) is 0.262. The molecule has 4 heteroatoms. The Kier molecular flexibility index (Phi) is 5.05. The Morgan fingerprint density at radius 1 is 1.47 bits per heavy atom. The van der Waals surface area contributed by atoms with Crippen molar-refractivity contribution >= 4 is 5.91 Å². The minimum Gasteiger partial charge on any atom is -0.392 e. The molecule has 0 bridgehead atoms. The quantitative estimate of drug-likeness (QED) is 0.570. The maximum Gasteiger partial charge on any atom is 0.234 e. The molecule has 1 fully saturated rings. The first-order valence-electron chi connectivity index (χ1n) is 5.76. The monoisotopic (exact) mass is 214 g/mol. The predicted molar refractivity (Wildman–Crippen MR) is 59.5 cm³/mol. The summed E-state index contributed by atoms with van der Waals surface area (Å²) >= 11 is 0. The number of aliphatic hydroxyl groups excluding tert-OH is 1. The summed E-state index contributed by atoms with van der Waals surface area (Å²) in [5, 5.41) is 15.4. The summed E-state index contributed by atoms with van der Waals surface area (Å²) in [5.41, 5.74) is 0. The van der Waals surface area contributed by atoms with E-state index in [1.807, 2.05) is 0 Å². The van der Waals surface area contributed by atoms with Gasteiger partial charge in [-0.05, 0) is 25.2 Å². The number of carbonyl (C=O) groups is 1. The summed E-state index contributed by atoms with van der Waals surface area (Å²) in [6.07, 6.45) is 2.65. The van der Waals surface area contributed by atoms with Crippen LogP contribution in [0.4, 0.5) is 0 Å². The number of hydrogen-bond donors (Lipinski definition) is 3. The lowest BCUT2D eigenvalue weighted by atomic mass is 10.1. The van der Waals surface area contributed by atoms with Crippen molar-refractivity contribution in [1.82, 2.24) is 10.6 Å². The fourth-order valence-corrected chi connectivity index (χ4v) is 1.49. The van der Waals surface area contributed by atoms with Gasteiger partial charge in [0.1, 0.15) is 0 Å². The number of carbonyl (C=O) groups excluding carboxylic acids is 1. The topological polar surface area (TPSA) is 61.4 Å². The summed E-state index contributed by atoms with van der Waals surface area (Å²) in [4.78, 5) is 11.2. The molecular weight excluding hydrogens is 192 g/mol. The van der Waals surface area contributed by atoms with Crippen LogP contribution >= 0.6 is 0 Å². The standard InChI is InChI=1S/C11H22N2O2/c1-8(2)5-10(14)6-12-7-11(15)13-9-3-4-9/h8-10,12,14H,3-7H2,1-2H3,(H,13,15). The molecule has 1 amide bonds. The molecule has 0 spiro atoms. The number of rotatable bonds is 7. The second-order valence-corrected chi connectivity index (χ2v) is 4.76. The summed E-state index contributed by atoms with van der Waals surface area (Å²) in [6.45, 7) is 4.95. The van der Waals surface area contributed by atoms with Crippen LogP contribution in [-0.2, 0) is 4.79 Å². The molecule has 1 aliphatic carbocycles. The smallest absolute Gasteiger partial charge is 0.234 e. The van der Waals surface area contributed by atoms with Gasteiger partial charge in [-0.2, -0.15) is 0 Å². The highest BCUT2D eigenvalue weighted by Gasteiger charge is 2.22. The Balaban J connectivity index is 1.96. The van der Waals surface area contributed by atoms with Gasteiger partial charge in [-0.1, -0.05) is 13.8 Å². The third kappa shape index (κ3) is 6.47. The first-order chi connectivity index (χ1) is 7.08. The van der Waals surface area contributed by atoms with Gasteiger partial charge in [0, 0.05) is 12.6 Å². The molecule has 0 heterocycles. The molecule has 3 N–H and O–H groups in total. The van der Waals surface area contributed by atoms with Gasteiger partial charge in [0.25, 0.3) is 0 Å². The van der Waals surface area contributed by atoms with Crippen LogP contribution in [0.3, 0.4) is 0 Å². The average Bonchev–Trinajstić information content (AvgIpc) is 2.86. The molecule has 0 radical (unpaired) electrons. The fraction of sp³-hybridized carbons (Fsp3) is 0.909. The molecule has 0 aromatic carbocycles. The van der Waals surface area contributed by atoms with Gasteiger partial charge in [-0.3, -0.25) is 4.79 Å². The zero-order chi connectivity index (χ0) is 11.3. The number of aliphatic hydroxyl groups is 1. The third-order valence-corrected chi connectivity index (χ3v) is 2.35. The van der Waals surface area contributed by atoms with E-state index in [4.69, 9.17) is 0 Å². The second kappa shape index (κ2) is 6.08. The van der Waals surface area contributed by atoms with Crippen molar-refractivity contribution in [3.63, 3.8) is 0 Å². The molecule has 0 aromatic heterocycles. The molecule has 88 valence electrons. The first kappa shape index (κ1) is 12.5. The van der Waals surface area contributed by atoms with Crippen LogP contribution in [0.5, 0.6) is 0 Å². The Bertz CT molecular complexity index is 203. The minimum atomic E-state index is -0.348. The van der Waals surface area contributed by atoms with Crippen molar-refractivity contribution in [2.75, 3.05) is 13.1 Å². The molecule has 1 rings (SSSR count). The van der Waals surface area contributed by atoms with E-state index in [-0.39, 0.29) is 12.0 Å². The zero-order valence-electron chi connectivity index (χ0n) is 9.62. The molecule has 1 unspecified atom stereocenters. The van der Waals surface area contributed by atoms with E-state index in [0.29, 0.717) is 25.0 Å². The maximum absolute atomic E-state index is 11.2. The SMILES string of the molecule is CC(C)CC(O)CNCC(=O)NC1CC1. The van der Waals surface area contributed by atoms with Crippen LogP contribution in [0.15, 0.2) is 0 Å². The lowest BCUT2D eigenvalue weighted by molar-refractivity contribution is -0.120. The van der Waals surface area contributed by atoms with Crippen LogP contribution < -0.4 is 10.6 Å².